The van der Waals surface area contributed by atoms with Crippen molar-refractivity contribution in [1.29, 1.82) is 0 Å². The van der Waals surface area contributed by atoms with E-state index in [0.717, 1.165) is 6.07 Å². The lowest BCUT2D eigenvalue weighted by atomic mass is 9.69. The fourth-order valence-corrected chi connectivity index (χ4v) is 6.55. The molecule has 2 saturated heterocycles. The van der Waals surface area contributed by atoms with Crippen molar-refractivity contribution >= 4 is 40.8 Å². The van der Waals surface area contributed by atoms with Crippen molar-refractivity contribution in [2.45, 2.75) is 50.6 Å². The van der Waals surface area contributed by atoms with E-state index in [9.17, 15) is 32.3 Å². The predicted molar refractivity (Wildman–Crippen MR) is 136 cm³/mol. The minimum Gasteiger partial charge on any atom is -0.380 e. The van der Waals surface area contributed by atoms with Gasteiger partial charge in [0.25, 0.3) is 23.5 Å². The van der Waals surface area contributed by atoms with E-state index >= 15 is 0 Å². The van der Waals surface area contributed by atoms with Crippen LogP contribution in [-0.4, -0.2) is 70.7 Å². The number of hydrogen-bond acceptors (Lipinski definition) is 5. The second-order valence-electron chi connectivity index (χ2n) is 11.4. The zero-order chi connectivity index (χ0) is 28.6. The number of ketones is 1. The van der Waals surface area contributed by atoms with E-state index in [1.807, 2.05) is 0 Å². The fourth-order valence-electron chi connectivity index (χ4n) is 6.37. The summed E-state index contributed by atoms with van der Waals surface area (Å²) in [5.74, 6) is -7.18. The summed E-state index contributed by atoms with van der Waals surface area (Å²) in [5, 5.41) is 4.81. The van der Waals surface area contributed by atoms with Gasteiger partial charge in [-0.3, -0.25) is 19.2 Å². The Bertz CT molecular complexity index is 1470. The summed E-state index contributed by atoms with van der Waals surface area (Å²) in [5.41, 5.74) is -0.893. The van der Waals surface area contributed by atoms with Gasteiger partial charge in [-0.05, 0) is 43.5 Å². The highest BCUT2D eigenvalue weighted by molar-refractivity contribution is 6.44. The largest absolute Gasteiger partial charge is 0.380 e. The van der Waals surface area contributed by atoms with E-state index in [1.165, 1.54) is 24.0 Å². The van der Waals surface area contributed by atoms with E-state index in [0.29, 0.717) is 51.4 Å². The highest BCUT2D eigenvalue weighted by atomic mass is 35.5. The molecule has 0 radical (unpaired) electrons. The zero-order valence-corrected chi connectivity index (χ0v) is 22.3. The van der Waals surface area contributed by atoms with Gasteiger partial charge in [-0.1, -0.05) is 11.6 Å². The molecule has 3 amide bonds. The smallest absolute Gasteiger partial charge is 0.293 e. The Morgan fingerprint density at radius 1 is 1.10 bits per heavy atom. The molecule has 2 aromatic rings. The van der Waals surface area contributed by atoms with E-state index < -0.39 is 53.6 Å². The van der Waals surface area contributed by atoms with Crippen LogP contribution < -0.4 is 10.6 Å². The minimum absolute atomic E-state index is 0.0143. The van der Waals surface area contributed by atoms with Gasteiger partial charge in [0.1, 0.15) is 17.1 Å². The number of aromatic nitrogens is 1. The monoisotopic (exact) mass is 578 g/mol. The van der Waals surface area contributed by atoms with Gasteiger partial charge in [0, 0.05) is 43.9 Å². The lowest BCUT2D eigenvalue weighted by Gasteiger charge is -2.58. The maximum absolute atomic E-state index is 14.0. The molecular weight excluding hydrogens is 553 g/mol. The molecule has 4 heterocycles. The first-order valence-electron chi connectivity index (χ1n) is 12.9. The summed E-state index contributed by atoms with van der Waals surface area (Å²) in [7, 11) is 0. The molecule has 3 aliphatic heterocycles. The van der Waals surface area contributed by atoms with Crippen molar-refractivity contribution in [3.05, 3.63) is 51.6 Å². The van der Waals surface area contributed by atoms with Gasteiger partial charge < -0.3 is 24.8 Å². The van der Waals surface area contributed by atoms with Crippen LogP contribution in [-0.2, 0) is 27.3 Å². The number of benzene rings is 1. The highest BCUT2D eigenvalue weighted by Crippen LogP contribution is 2.49. The molecule has 13 heteroatoms. The normalized spacial score (nSPS) is 21.1. The third kappa shape index (κ3) is 4.19. The van der Waals surface area contributed by atoms with Crippen molar-refractivity contribution in [2.75, 3.05) is 31.6 Å². The highest BCUT2D eigenvalue weighted by Gasteiger charge is 2.65. The number of likely N-dealkylation sites (tertiary alicyclic amines) is 1. The van der Waals surface area contributed by atoms with E-state index in [4.69, 9.17) is 16.3 Å². The van der Waals surface area contributed by atoms with E-state index in [1.54, 1.807) is 4.57 Å². The number of nitrogens with zero attached hydrogens (tertiary/aromatic N) is 2. The zero-order valence-electron chi connectivity index (χ0n) is 21.5. The van der Waals surface area contributed by atoms with Crippen LogP contribution in [0.3, 0.4) is 0 Å². The molecule has 2 N–H and O–H groups in total. The average molecular weight is 579 g/mol. The predicted octanol–water partition coefficient (Wildman–Crippen LogP) is 3.11. The van der Waals surface area contributed by atoms with Crippen LogP contribution in [0.5, 0.6) is 0 Å². The maximum atomic E-state index is 14.0. The first kappa shape index (κ1) is 26.8. The molecule has 9 nitrogen and oxygen atoms in total. The molecule has 0 atom stereocenters. The van der Waals surface area contributed by atoms with Crippen molar-refractivity contribution in [1.82, 2.24) is 14.8 Å². The molecule has 1 aliphatic carbocycles. The topological polar surface area (TPSA) is 110 Å². The molecule has 40 heavy (non-hydrogen) atoms. The Morgan fingerprint density at radius 3 is 2.40 bits per heavy atom. The van der Waals surface area contributed by atoms with E-state index in [-0.39, 0.29) is 32.9 Å². The number of alkyl halides is 2. The summed E-state index contributed by atoms with van der Waals surface area (Å²) in [6.07, 6.45) is -0.739. The van der Waals surface area contributed by atoms with Gasteiger partial charge in [-0.25, -0.2) is 13.2 Å². The van der Waals surface area contributed by atoms with E-state index in [2.05, 4.69) is 10.6 Å². The summed E-state index contributed by atoms with van der Waals surface area (Å²) in [6.45, 7) is 3.64. The average Bonchev–Trinajstić information content (AvgIpc) is 3.37. The Balaban J connectivity index is 1.23. The second kappa shape index (κ2) is 9.07. The third-order valence-corrected chi connectivity index (χ3v) is 8.56. The van der Waals surface area contributed by atoms with Crippen LogP contribution in [0.25, 0.3) is 0 Å². The van der Waals surface area contributed by atoms with Crippen LogP contribution >= 0.6 is 11.6 Å². The molecule has 0 bridgehead atoms. The van der Waals surface area contributed by atoms with Crippen LogP contribution in [0.4, 0.5) is 18.9 Å². The van der Waals surface area contributed by atoms with Crippen LogP contribution in [0.1, 0.15) is 51.4 Å². The molecule has 0 unspecified atom stereocenters. The number of rotatable bonds is 6. The number of amides is 3. The Kier molecular flexibility index (Phi) is 6.08. The van der Waals surface area contributed by atoms with Gasteiger partial charge >= 0.3 is 0 Å². The molecule has 212 valence electrons. The SMILES string of the molecule is Cc1c(C(=O)C(=O)NC2(C(=O)N3CC4(COC4)C3)CC(F)(F)C2)c2n(c1C(=O)Nc1ccc(F)c(Cl)c1)CCC2. The number of carbonyl (C=O) groups excluding carboxylic acids is 4. The standard InChI is InChI=1S/C27H26ClF3N4O5/c1-14-19(18-3-2-6-35(18)20(14)22(37)32-15-4-5-17(29)16(28)7-15)21(36)23(38)33-26(8-27(30,31)9-26)24(39)34-10-25(11-34)12-40-13-25/h4-5,7H,2-3,6,8-13H2,1H3,(H,32,37)(H,33,38). The molecule has 3 fully saturated rings. The van der Waals surface area contributed by atoms with Crippen molar-refractivity contribution < 1.29 is 37.1 Å². The first-order valence-corrected chi connectivity index (χ1v) is 13.3. The molecule has 1 aromatic heterocycles. The summed E-state index contributed by atoms with van der Waals surface area (Å²) >= 11 is 5.81. The van der Waals surface area contributed by atoms with Gasteiger partial charge in [0.05, 0.1) is 29.2 Å². The number of fused-ring (bicyclic) bond motifs is 1. The number of nitrogens with one attached hydrogen (secondary N) is 2. The number of Topliss-reactive ketones (excluding diaryl/α,β-unsaturated/α-hetero) is 1. The van der Waals surface area contributed by atoms with Crippen LogP contribution in [0.2, 0.25) is 5.02 Å². The van der Waals surface area contributed by atoms with Crippen LogP contribution in [0, 0.1) is 18.2 Å². The molecule has 6 rings (SSSR count). The minimum atomic E-state index is -3.14. The number of halogens is 4. The Hall–Kier alpha value is -3.38. The molecule has 1 spiro atoms. The third-order valence-electron chi connectivity index (χ3n) is 8.27. The number of ether oxygens (including phenoxy) is 1. The van der Waals surface area contributed by atoms with Crippen molar-refractivity contribution in [2.24, 2.45) is 5.41 Å². The molecule has 4 aliphatic rings. The summed E-state index contributed by atoms with van der Waals surface area (Å²) in [4.78, 5) is 54.6. The van der Waals surface area contributed by atoms with Crippen LogP contribution in [0.15, 0.2) is 18.2 Å². The quantitative estimate of drug-likeness (QED) is 0.404. The number of hydrogen-bond donors (Lipinski definition) is 2. The van der Waals surface area contributed by atoms with Gasteiger partial charge in [-0.15, -0.1) is 0 Å². The molecule has 1 saturated carbocycles. The Morgan fingerprint density at radius 2 is 1.80 bits per heavy atom. The fraction of sp³-hybridized carbons (Fsp3) is 0.481. The van der Waals surface area contributed by atoms with Gasteiger partial charge in [0.15, 0.2) is 0 Å². The van der Waals surface area contributed by atoms with Gasteiger partial charge in [-0.2, -0.15) is 0 Å². The molecular formula is C27H26ClF3N4O5. The van der Waals surface area contributed by atoms with Crippen molar-refractivity contribution in [3.63, 3.8) is 0 Å². The number of carbonyl (C=O) groups is 4. The molecule has 1 aromatic carbocycles. The Labute approximate surface area is 232 Å². The van der Waals surface area contributed by atoms with Gasteiger partial charge in [0.2, 0.25) is 5.91 Å². The van der Waals surface area contributed by atoms with Crippen molar-refractivity contribution in [3.8, 4) is 0 Å². The summed E-state index contributed by atoms with van der Waals surface area (Å²) in [6, 6.07) is 3.69. The first-order chi connectivity index (χ1) is 18.8. The summed E-state index contributed by atoms with van der Waals surface area (Å²) < 4.78 is 48.5. The second-order valence-corrected chi connectivity index (χ2v) is 11.8. The number of anilines is 1. The lowest BCUT2D eigenvalue weighted by Crippen LogP contribution is -2.76. The maximum Gasteiger partial charge on any atom is 0.293 e. The lowest BCUT2D eigenvalue weighted by molar-refractivity contribution is -0.211.